The summed E-state index contributed by atoms with van der Waals surface area (Å²) < 4.78 is 16.2. The van der Waals surface area contributed by atoms with Gasteiger partial charge >= 0.3 is 5.97 Å². The maximum Gasteiger partial charge on any atom is 0.338 e. The average Bonchev–Trinajstić information content (AvgIpc) is 2.56. The molecule has 0 aliphatic heterocycles. The summed E-state index contributed by atoms with van der Waals surface area (Å²) in [4.78, 5) is 23.9. The van der Waals surface area contributed by atoms with Crippen LogP contribution < -0.4 is 5.32 Å². The first-order valence-corrected chi connectivity index (χ1v) is 9.65. The molecule has 0 bridgehead atoms. The van der Waals surface area contributed by atoms with Gasteiger partial charge in [0.2, 0.25) is 0 Å². The van der Waals surface area contributed by atoms with Gasteiger partial charge in [0.15, 0.2) is 6.61 Å². The number of anilines is 1. The number of hydrogen-bond donors (Lipinski definition) is 1. The van der Waals surface area contributed by atoms with Gasteiger partial charge < -0.3 is 10.1 Å². The van der Waals surface area contributed by atoms with Crippen LogP contribution in [0.15, 0.2) is 42.5 Å². The molecule has 0 aromatic heterocycles. The molecule has 132 valence electrons. The fourth-order valence-electron chi connectivity index (χ4n) is 2.02. The molecule has 2 aromatic rings. The first-order chi connectivity index (χ1) is 11.9. The highest BCUT2D eigenvalue weighted by molar-refractivity contribution is 7.83. The van der Waals surface area contributed by atoms with E-state index in [9.17, 15) is 13.8 Å². The Bertz CT molecular complexity index is 826. The summed E-state index contributed by atoms with van der Waals surface area (Å²) in [7, 11) is -1.02. The Morgan fingerprint density at radius 3 is 2.60 bits per heavy atom. The molecule has 0 aliphatic carbocycles. The smallest absolute Gasteiger partial charge is 0.338 e. The van der Waals surface area contributed by atoms with E-state index in [1.807, 2.05) is 0 Å². The molecule has 0 radical (unpaired) electrons. The number of nitrogens with one attached hydrogen (secondary N) is 1. The third-order valence-corrected chi connectivity index (χ3v) is 4.65. The SMILES string of the molecule is CS(=O)Cc1cccc(C(=O)OCC(=O)Nc2cccc(Cl)c2Cl)c1. The molecule has 1 N–H and O–H groups in total. The zero-order chi connectivity index (χ0) is 18.4. The van der Waals surface area contributed by atoms with Crippen molar-refractivity contribution < 1.29 is 18.5 Å². The Morgan fingerprint density at radius 2 is 1.88 bits per heavy atom. The van der Waals surface area contributed by atoms with E-state index in [4.69, 9.17) is 27.9 Å². The molecule has 0 fully saturated rings. The van der Waals surface area contributed by atoms with Gasteiger partial charge in [0.1, 0.15) is 0 Å². The number of ether oxygens (including phenoxy) is 1. The molecule has 1 unspecified atom stereocenters. The van der Waals surface area contributed by atoms with E-state index >= 15 is 0 Å². The van der Waals surface area contributed by atoms with Gasteiger partial charge in [-0.25, -0.2) is 4.79 Å². The van der Waals surface area contributed by atoms with E-state index < -0.39 is 29.3 Å². The summed E-state index contributed by atoms with van der Waals surface area (Å²) in [6.07, 6.45) is 1.58. The number of rotatable bonds is 6. The van der Waals surface area contributed by atoms with E-state index in [-0.39, 0.29) is 10.6 Å². The number of halogens is 2. The number of hydrogen-bond acceptors (Lipinski definition) is 4. The Balaban J connectivity index is 1.94. The van der Waals surface area contributed by atoms with Crippen LogP contribution in [0.5, 0.6) is 0 Å². The molecule has 1 atom stereocenters. The number of benzene rings is 2. The van der Waals surface area contributed by atoms with Crippen molar-refractivity contribution in [2.24, 2.45) is 0 Å². The van der Waals surface area contributed by atoms with Gasteiger partial charge in [-0.2, -0.15) is 0 Å². The fourth-order valence-corrected chi connectivity index (χ4v) is 3.02. The van der Waals surface area contributed by atoms with E-state index in [1.54, 1.807) is 48.7 Å². The van der Waals surface area contributed by atoms with Crippen molar-refractivity contribution in [3.63, 3.8) is 0 Å². The van der Waals surface area contributed by atoms with E-state index in [0.717, 1.165) is 5.56 Å². The molecule has 2 aromatic carbocycles. The molecule has 0 saturated heterocycles. The first-order valence-electron chi connectivity index (χ1n) is 7.17. The summed E-state index contributed by atoms with van der Waals surface area (Å²) in [5.74, 6) is -0.839. The van der Waals surface area contributed by atoms with Crippen LogP contribution in [0, 0.1) is 0 Å². The van der Waals surface area contributed by atoms with Crippen LogP contribution in [-0.4, -0.2) is 28.9 Å². The molecule has 0 heterocycles. The van der Waals surface area contributed by atoms with Crippen molar-refractivity contribution in [1.29, 1.82) is 0 Å². The minimum absolute atomic E-state index is 0.212. The molecule has 0 spiro atoms. The number of carbonyl (C=O) groups excluding carboxylic acids is 2. The molecule has 1 amide bonds. The third kappa shape index (κ3) is 5.85. The lowest BCUT2D eigenvalue weighted by molar-refractivity contribution is -0.119. The average molecular weight is 400 g/mol. The van der Waals surface area contributed by atoms with Gasteiger partial charge in [-0.15, -0.1) is 0 Å². The standard InChI is InChI=1S/C17H15Cl2NO4S/c1-25(23)10-11-4-2-5-12(8-11)17(22)24-9-15(21)20-14-7-3-6-13(18)16(14)19/h2-8H,9-10H2,1H3,(H,20,21). The molecule has 0 aliphatic rings. The van der Waals surface area contributed by atoms with Gasteiger partial charge in [-0.1, -0.05) is 41.4 Å². The summed E-state index contributed by atoms with van der Waals surface area (Å²) in [5, 5.41) is 3.04. The van der Waals surface area contributed by atoms with Crippen LogP contribution in [0.3, 0.4) is 0 Å². The maximum absolute atomic E-state index is 12.0. The van der Waals surface area contributed by atoms with E-state index in [2.05, 4.69) is 5.32 Å². The van der Waals surface area contributed by atoms with E-state index in [1.165, 1.54) is 0 Å². The molecule has 0 saturated carbocycles. The van der Waals surface area contributed by atoms with Crippen LogP contribution in [0.1, 0.15) is 15.9 Å². The molecule has 8 heteroatoms. The minimum atomic E-state index is -1.02. The molecular formula is C17H15Cl2NO4S. The van der Waals surface area contributed by atoms with Gasteiger partial charge in [0, 0.05) is 22.8 Å². The summed E-state index contributed by atoms with van der Waals surface area (Å²) in [6, 6.07) is 11.4. The maximum atomic E-state index is 12.0. The Kier molecular flexibility index (Phi) is 6.99. The topological polar surface area (TPSA) is 72.5 Å². The highest BCUT2D eigenvalue weighted by Crippen LogP contribution is 2.29. The highest BCUT2D eigenvalue weighted by Gasteiger charge is 2.13. The summed E-state index contributed by atoms with van der Waals surface area (Å²) in [6.45, 7) is -0.467. The Labute approximate surface area is 157 Å². The second kappa shape index (κ2) is 8.99. The van der Waals surface area contributed by atoms with Crippen molar-refractivity contribution in [1.82, 2.24) is 0 Å². The lowest BCUT2D eigenvalue weighted by atomic mass is 10.1. The van der Waals surface area contributed by atoms with Crippen molar-refractivity contribution in [2.75, 3.05) is 18.2 Å². The van der Waals surface area contributed by atoms with Crippen molar-refractivity contribution in [3.05, 3.63) is 63.6 Å². The number of amides is 1. The largest absolute Gasteiger partial charge is 0.452 e. The van der Waals surface area contributed by atoms with Gasteiger partial charge in [-0.05, 0) is 29.8 Å². The zero-order valence-corrected chi connectivity index (χ0v) is 15.6. The van der Waals surface area contributed by atoms with Crippen molar-refractivity contribution in [2.45, 2.75) is 5.75 Å². The number of carbonyl (C=O) groups is 2. The number of esters is 1. The Hall–Kier alpha value is -1.89. The monoisotopic (exact) mass is 399 g/mol. The Morgan fingerprint density at radius 1 is 1.16 bits per heavy atom. The quantitative estimate of drug-likeness (QED) is 0.752. The lowest BCUT2D eigenvalue weighted by Gasteiger charge is -2.09. The first kappa shape index (κ1) is 19.4. The van der Waals surface area contributed by atoms with Gasteiger partial charge in [0.25, 0.3) is 5.91 Å². The predicted octanol–water partition coefficient (Wildman–Crippen LogP) is 3.67. The van der Waals surface area contributed by atoms with Crippen LogP contribution >= 0.6 is 23.2 Å². The van der Waals surface area contributed by atoms with Crippen LogP contribution in [0.2, 0.25) is 10.0 Å². The predicted molar refractivity (Wildman–Crippen MR) is 99.6 cm³/mol. The van der Waals surface area contributed by atoms with E-state index in [0.29, 0.717) is 16.5 Å². The van der Waals surface area contributed by atoms with Gasteiger partial charge in [-0.3, -0.25) is 9.00 Å². The highest BCUT2D eigenvalue weighted by atomic mass is 35.5. The van der Waals surface area contributed by atoms with Gasteiger partial charge in [0.05, 0.1) is 21.3 Å². The van der Waals surface area contributed by atoms with Crippen molar-refractivity contribution in [3.8, 4) is 0 Å². The second-order valence-corrected chi connectivity index (χ2v) is 7.36. The molecule has 5 nitrogen and oxygen atoms in total. The third-order valence-electron chi connectivity index (χ3n) is 3.09. The summed E-state index contributed by atoms with van der Waals surface area (Å²) in [5.41, 5.74) is 1.38. The fraction of sp³-hybridized carbons (Fsp3) is 0.176. The molecule has 2 rings (SSSR count). The minimum Gasteiger partial charge on any atom is -0.452 e. The van der Waals surface area contributed by atoms with Crippen LogP contribution in [0.25, 0.3) is 0 Å². The van der Waals surface area contributed by atoms with Crippen LogP contribution in [-0.2, 0) is 26.1 Å². The van der Waals surface area contributed by atoms with Crippen LogP contribution in [0.4, 0.5) is 5.69 Å². The molecular weight excluding hydrogens is 385 g/mol. The lowest BCUT2D eigenvalue weighted by Crippen LogP contribution is -2.21. The second-order valence-electron chi connectivity index (χ2n) is 5.14. The summed E-state index contributed by atoms with van der Waals surface area (Å²) >= 11 is 11.8. The normalized spacial score (nSPS) is 11.6. The molecule has 25 heavy (non-hydrogen) atoms. The van der Waals surface area contributed by atoms with Crippen molar-refractivity contribution >= 4 is 51.6 Å². The zero-order valence-electron chi connectivity index (χ0n) is 13.3.